The Bertz CT molecular complexity index is 397. The predicted molar refractivity (Wildman–Crippen MR) is 67.8 cm³/mol. The van der Waals surface area contributed by atoms with Gasteiger partial charge in [-0.2, -0.15) is 0 Å². The monoisotopic (exact) mass is 252 g/mol. The molecule has 0 amide bonds. The first kappa shape index (κ1) is 13.2. The fraction of sp³-hybridized carbons (Fsp3) is 0.571. The van der Waals surface area contributed by atoms with Gasteiger partial charge in [0.25, 0.3) is 0 Å². The lowest BCUT2D eigenvalue weighted by Crippen LogP contribution is -2.32. The highest BCUT2D eigenvalue weighted by Crippen LogP contribution is 2.31. The van der Waals surface area contributed by atoms with Crippen LogP contribution in [0.1, 0.15) is 31.2 Å². The van der Waals surface area contributed by atoms with Crippen LogP contribution >= 0.6 is 0 Å². The topological polar surface area (TPSA) is 58.9 Å². The van der Waals surface area contributed by atoms with Crippen molar-refractivity contribution in [2.75, 3.05) is 13.7 Å². The molecule has 0 saturated heterocycles. The molecule has 0 spiro atoms. The molecule has 2 rings (SSSR count). The quantitative estimate of drug-likeness (QED) is 0.840. The molecule has 0 heterocycles. The molecule has 0 unspecified atom stereocenters. The lowest BCUT2D eigenvalue weighted by Gasteiger charge is -2.23. The third kappa shape index (κ3) is 2.94. The summed E-state index contributed by atoms with van der Waals surface area (Å²) in [6, 6.07) is 5.29. The molecule has 1 aromatic carbocycles. The zero-order chi connectivity index (χ0) is 13.0. The van der Waals surface area contributed by atoms with Gasteiger partial charge in [-0.25, -0.2) is 0 Å². The molecule has 0 bridgehead atoms. The molecular formula is C14H20O4. The van der Waals surface area contributed by atoms with Crippen LogP contribution in [0.2, 0.25) is 0 Å². The van der Waals surface area contributed by atoms with Crippen LogP contribution in [0.5, 0.6) is 11.5 Å². The van der Waals surface area contributed by atoms with Crippen LogP contribution < -0.4 is 9.47 Å². The van der Waals surface area contributed by atoms with Crippen molar-refractivity contribution in [3.63, 3.8) is 0 Å². The highest BCUT2D eigenvalue weighted by atomic mass is 16.5. The molecule has 4 nitrogen and oxygen atoms in total. The van der Waals surface area contributed by atoms with Gasteiger partial charge in [0, 0.05) is 11.6 Å². The van der Waals surface area contributed by atoms with Gasteiger partial charge in [0.15, 0.2) is 0 Å². The van der Waals surface area contributed by atoms with E-state index in [1.54, 1.807) is 25.3 Å². The van der Waals surface area contributed by atoms with Gasteiger partial charge in [-0.05, 0) is 25.0 Å². The van der Waals surface area contributed by atoms with Crippen LogP contribution in [-0.2, 0) is 6.61 Å². The van der Waals surface area contributed by atoms with Gasteiger partial charge in [-0.1, -0.05) is 12.8 Å². The van der Waals surface area contributed by atoms with Crippen molar-refractivity contribution in [1.29, 1.82) is 0 Å². The van der Waals surface area contributed by atoms with Crippen molar-refractivity contribution in [1.82, 2.24) is 0 Å². The van der Waals surface area contributed by atoms with Crippen LogP contribution in [0.25, 0.3) is 0 Å². The van der Waals surface area contributed by atoms with Gasteiger partial charge >= 0.3 is 0 Å². The molecule has 2 N–H and O–H groups in total. The highest BCUT2D eigenvalue weighted by molar-refractivity contribution is 5.40. The smallest absolute Gasteiger partial charge is 0.128 e. The SMILES string of the molecule is COc1ccc(CO)c(OCC2(O)CCCC2)c1. The third-order valence-electron chi connectivity index (χ3n) is 3.48. The van der Waals surface area contributed by atoms with Gasteiger partial charge < -0.3 is 19.7 Å². The molecule has 100 valence electrons. The summed E-state index contributed by atoms with van der Waals surface area (Å²) < 4.78 is 10.8. The maximum atomic E-state index is 10.2. The summed E-state index contributed by atoms with van der Waals surface area (Å²) >= 11 is 0. The van der Waals surface area contributed by atoms with E-state index in [-0.39, 0.29) is 13.2 Å². The molecule has 0 aromatic heterocycles. The molecular weight excluding hydrogens is 232 g/mol. The minimum Gasteiger partial charge on any atom is -0.497 e. The molecule has 0 aliphatic heterocycles. The Morgan fingerprint density at radius 1 is 1.28 bits per heavy atom. The van der Waals surface area contributed by atoms with Gasteiger partial charge in [0.1, 0.15) is 18.1 Å². The Kier molecular flexibility index (Phi) is 4.09. The van der Waals surface area contributed by atoms with Crippen molar-refractivity contribution >= 4 is 0 Å². The molecule has 4 heteroatoms. The lowest BCUT2D eigenvalue weighted by atomic mass is 10.0. The maximum Gasteiger partial charge on any atom is 0.128 e. The van der Waals surface area contributed by atoms with Gasteiger partial charge in [0.2, 0.25) is 0 Å². The zero-order valence-electron chi connectivity index (χ0n) is 10.7. The summed E-state index contributed by atoms with van der Waals surface area (Å²) in [5.41, 5.74) is -0.00657. The summed E-state index contributed by atoms with van der Waals surface area (Å²) in [4.78, 5) is 0. The van der Waals surface area contributed by atoms with Crippen molar-refractivity contribution in [3.8, 4) is 11.5 Å². The van der Waals surface area contributed by atoms with Gasteiger partial charge in [-0.3, -0.25) is 0 Å². The molecule has 0 radical (unpaired) electrons. The predicted octanol–water partition coefficient (Wildman–Crippen LogP) is 1.87. The molecule has 1 aromatic rings. The number of benzene rings is 1. The second-order valence-corrected chi connectivity index (χ2v) is 4.85. The minimum absolute atomic E-state index is 0.0856. The second kappa shape index (κ2) is 5.59. The van der Waals surface area contributed by atoms with Crippen molar-refractivity contribution in [3.05, 3.63) is 23.8 Å². The van der Waals surface area contributed by atoms with Crippen LogP contribution in [0.4, 0.5) is 0 Å². The van der Waals surface area contributed by atoms with E-state index in [4.69, 9.17) is 9.47 Å². The highest BCUT2D eigenvalue weighted by Gasteiger charge is 2.32. The molecule has 1 saturated carbocycles. The maximum absolute atomic E-state index is 10.2. The number of rotatable bonds is 5. The number of aliphatic hydroxyl groups is 2. The average Bonchev–Trinajstić information content (AvgIpc) is 2.83. The number of aliphatic hydroxyl groups excluding tert-OH is 1. The number of methoxy groups -OCH3 is 1. The van der Waals surface area contributed by atoms with E-state index in [2.05, 4.69) is 0 Å². The van der Waals surface area contributed by atoms with Crippen LogP contribution in [0.3, 0.4) is 0 Å². The summed E-state index contributed by atoms with van der Waals surface area (Å²) in [5.74, 6) is 1.26. The number of ether oxygens (including phenoxy) is 2. The average molecular weight is 252 g/mol. The van der Waals surface area contributed by atoms with Crippen molar-refractivity contribution < 1.29 is 19.7 Å². The Morgan fingerprint density at radius 3 is 2.61 bits per heavy atom. The first-order chi connectivity index (χ1) is 8.67. The number of hydrogen-bond acceptors (Lipinski definition) is 4. The van der Waals surface area contributed by atoms with Crippen LogP contribution in [-0.4, -0.2) is 29.5 Å². The minimum atomic E-state index is -0.712. The van der Waals surface area contributed by atoms with E-state index in [1.165, 1.54) is 0 Å². The standard InChI is InChI=1S/C14H20O4/c1-17-12-5-4-11(9-15)13(8-12)18-10-14(16)6-2-3-7-14/h4-5,8,15-16H,2-3,6-7,9-10H2,1H3. The second-order valence-electron chi connectivity index (χ2n) is 4.85. The fourth-order valence-corrected chi connectivity index (χ4v) is 2.32. The Morgan fingerprint density at radius 2 is 2.00 bits per heavy atom. The molecule has 1 aliphatic rings. The van der Waals surface area contributed by atoms with Gasteiger partial charge in [0.05, 0.1) is 19.3 Å². The largest absolute Gasteiger partial charge is 0.497 e. The summed E-state index contributed by atoms with van der Waals surface area (Å²) in [6.45, 7) is 0.185. The van der Waals surface area contributed by atoms with E-state index < -0.39 is 5.60 Å². The van der Waals surface area contributed by atoms with Crippen LogP contribution in [0, 0.1) is 0 Å². The van der Waals surface area contributed by atoms with E-state index in [9.17, 15) is 10.2 Å². The van der Waals surface area contributed by atoms with Crippen molar-refractivity contribution in [2.24, 2.45) is 0 Å². The van der Waals surface area contributed by atoms with Gasteiger partial charge in [-0.15, -0.1) is 0 Å². The summed E-state index contributed by atoms with van der Waals surface area (Å²) in [6.07, 6.45) is 3.66. The van der Waals surface area contributed by atoms with E-state index in [1.807, 2.05) is 0 Å². The number of hydrogen-bond donors (Lipinski definition) is 2. The molecule has 1 fully saturated rings. The fourth-order valence-electron chi connectivity index (χ4n) is 2.32. The Labute approximate surface area is 107 Å². The Balaban J connectivity index is 2.07. The van der Waals surface area contributed by atoms with E-state index in [0.717, 1.165) is 25.7 Å². The molecule has 0 atom stereocenters. The summed E-state index contributed by atoms with van der Waals surface area (Å²) in [5, 5.41) is 19.5. The third-order valence-corrected chi connectivity index (χ3v) is 3.48. The Hall–Kier alpha value is -1.26. The molecule has 1 aliphatic carbocycles. The van der Waals surface area contributed by atoms with E-state index in [0.29, 0.717) is 17.1 Å². The molecule has 18 heavy (non-hydrogen) atoms. The zero-order valence-corrected chi connectivity index (χ0v) is 10.7. The lowest BCUT2D eigenvalue weighted by molar-refractivity contribution is 0.000757. The summed E-state index contributed by atoms with van der Waals surface area (Å²) in [7, 11) is 1.59. The van der Waals surface area contributed by atoms with Crippen LogP contribution in [0.15, 0.2) is 18.2 Å². The first-order valence-electron chi connectivity index (χ1n) is 6.30. The van der Waals surface area contributed by atoms with E-state index >= 15 is 0 Å². The first-order valence-corrected chi connectivity index (χ1v) is 6.30. The normalized spacial score (nSPS) is 17.7. The van der Waals surface area contributed by atoms with Crippen molar-refractivity contribution in [2.45, 2.75) is 37.9 Å².